The lowest BCUT2D eigenvalue weighted by molar-refractivity contribution is -0.120. The van der Waals surface area contributed by atoms with Crippen LogP contribution in [0.2, 0.25) is 0 Å². The third-order valence-corrected chi connectivity index (χ3v) is 5.25. The fourth-order valence-electron chi connectivity index (χ4n) is 2.79. The molecule has 1 amide bonds. The van der Waals surface area contributed by atoms with Gasteiger partial charge in [-0.25, -0.2) is 8.42 Å². The minimum Gasteiger partial charge on any atom is -0.496 e. The van der Waals surface area contributed by atoms with E-state index in [1.54, 1.807) is 37.4 Å². The molecule has 0 radical (unpaired) electrons. The Hall–Kier alpha value is -2.74. The summed E-state index contributed by atoms with van der Waals surface area (Å²) in [7, 11) is -2.08. The summed E-state index contributed by atoms with van der Waals surface area (Å²) in [5, 5.41) is 2.83. The van der Waals surface area contributed by atoms with Crippen molar-refractivity contribution >= 4 is 21.6 Å². The number of nitrogens with one attached hydrogen (secondary N) is 1. The van der Waals surface area contributed by atoms with E-state index in [2.05, 4.69) is 5.32 Å². The number of carbonyl (C=O) groups is 1. The van der Waals surface area contributed by atoms with Crippen LogP contribution in [0.15, 0.2) is 48.5 Å². The van der Waals surface area contributed by atoms with Crippen molar-refractivity contribution in [3.8, 4) is 11.5 Å². The first-order chi connectivity index (χ1) is 13.3. The molecule has 0 spiro atoms. The molecular formula is C20H26N2O5S. The van der Waals surface area contributed by atoms with Crippen LogP contribution in [-0.2, 0) is 14.8 Å². The van der Waals surface area contributed by atoms with E-state index in [1.807, 2.05) is 32.0 Å². The van der Waals surface area contributed by atoms with Crippen molar-refractivity contribution in [3.05, 3.63) is 54.1 Å². The Morgan fingerprint density at radius 1 is 1.14 bits per heavy atom. The van der Waals surface area contributed by atoms with Gasteiger partial charge in [-0.1, -0.05) is 18.2 Å². The molecule has 0 aliphatic carbocycles. The highest BCUT2D eigenvalue weighted by atomic mass is 32.2. The first kappa shape index (κ1) is 21.6. The van der Waals surface area contributed by atoms with Gasteiger partial charge in [-0.3, -0.25) is 9.10 Å². The van der Waals surface area contributed by atoms with E-state index in [9.17, 15) is 13.2 Å². The van der Waals surface area contributed by atoms with Gasteiger partial charge in [0.05, 0.1) is 31.7 Å². The molecule has 0 heterocycles. The zero-order valence-electron chi connectivity index (χ0n) is 16.5. The second-order valence-corrected chi connectivity index (χ2v) is 8.13. The average Bonchev–Trinajstić information content (AvgIpc) is 2.66. The lowest BCUT2D eigenvalue weighted by atomic mass is 10.1. The van der Waals surface area contributed by atoms with Gasteiger partial charge in [-0.05, 0) is 44.2 Å². The Bertz CT molecular complexity index is 897. The van der Waals surface area contributed by atoms with E-state index in [0.717, 1.165) is 16.1 Å². The van der Waals surface area contributed by atoms with E-state index in [4.69, 9.17) is 9.47 Å². The van der Waals surface area contributed by atoms with E-state index in [-0.39, 0.29) is 12.6 Å². The third-order valence-electron chi connectivity index (χ3n) is 4.11. The van der Waals surface area contributed by atoms with Gasteiger partial charge >= 0.3 is 0 Å². The number of sulfonamides is 1. The van der Waals surface area contributed by atoms with Crippen LogP contribution < -0.4 is 19.1 Å². The maximum absolute atomic E-state index is 12.5. The lowest BCUT2D eigenvalue weighted by Gasteiger charge is -2.24. The van der Waals surface area contributed by atoms with Crippen LogP contribution in [0.1, 0.15) is 25.5 Å². The number of methoxy groups -OCH3 is 1. The number of hydrogen-bond acceptors (Lipinski definition) is 5. The number of carbonyl (C=O) groups excluding carboxylic acids is 1. The second-order valence-electron chi connectivity index (χ2n) is 6.23. The molecule has 28 heavy (non-hydrogen) atoms. The van der Waals surface area contributed by atoms with Gasteiger partial charge in [0.25, 0.3) is 0 Å². The van der Waals surface area contributed by atoms with Crippen molar-refractivity contribution in [1.29, 1.82) is 0 Å². The summed E-state index contributed by atoms with van der Waals surface area (Å²) < 4.78 is 36.2. The molecule has 0 saturated heterocycles. The minimum absolute atomic E-state index is 0.327. The van der Waals surface area contributed by atoms with Gasteiger partial charge < -0.3 is 14.8 Å². The fourth-order valence-corrected chi connectivity index (χ4v) is 3.65. The van der Waals surface area contributed by atoms with Crippen molar-refractivity contribution in [2.24, 2.45) is 0 Å². The van der Waals surface area contributed by atoms with E-state index < -0.39 is 15.9 Å². The first-order valence-corrected chi connectivity index (χ1v) is 10.7. The molecule has 8 heteroatoms. The number of para-hydroxylation sites is 1. The number of benzene rings is 2. The van der Waals surface area contributed by atoms with Crippen molar-refractivity contribution in [2.75, 3.05) is 30.8 Å². The Balaban J connectivity index is 2.15. The average molecular weight is 407 g/mol. The van der Waals surface area contributed by atoms with Gasteiger partial charge in [0.1, 0.15) is 18.0 Å². The van der Waals surface area contributed by atoms with Gasteiger partial charge in [-0.15, -0.1) is 0 Å². The molecule has 2 aromatic carbocycles. The molecule has 0 aliphatic heterocycles. The quantitative estimate of drug-likeness (QED) is 0.692. The number of anilines is 1. The van der Waals surface area contributed by atoms with Crippen LogP contribution in [0.25, 0.3) is 0 Å². The Morgan fingerprint density at radius 3 is 2.36 bits per heavy atom. The number of nitrogens with zero attached hydrogens (tertiary/aromatic N) is 1. The zero-order chi connectivity index (χ0) is 20.7. The Kier molecular flexibility index (Phi) is 7.28. The summed E-state index contributed by atoms with van der Waals surface area (Å²) in [5.41, 5.74) is 1.20. The standard InChI is InChI=1S/C20H26N2O5S/c1-5-27-17-12-10-16(11-13-17)22(28(4,24)25)14-20(23)21-15(2)18-8-6-7-9-19(18)26-3/h6-13,15H,5,14H2,1-4H3,(H,21,23)/t15-/m1/s1. The van der Waals surface area contributed by atoms with Crippen molar-refractivity contribution in [1.82, 2.24) is 5.32 Å². The van der Waals surface area contributed by atoms with Crippen LogP contribution in [0.3, 0.4) is 0 Å². The van der Waals surface area contributed by atoms with E-state index in [0.29, 0.717) is 23.8 Å². The molecule has 2 aromatic rings. The summed E-state index contributed by atoms with van der Waals surface area (Å²) in [4.78, 5) is 12.5. The molecule has 7 nitrogen and oxygen atoms in total. The molecular weight excluding hydrogens is 380 g/mol. The first-order valence-electron chi connectivity index (χ1n) is 8.89. The van der Waals surface area contributed by atoms with Gasteiger partial charge in [0, 0.05) is 5.56 Å². The smallest absolute Gasteiger partial charge is 0.241 e. The van der Waals surface area contributed by atoms with Gasteiger partial charge in [-0.2, -0.15) is 0 Å². The largest absolute Gasteiger partial charge is 0.496 e. The normalized spacial score (nSPS) is 12.1. The predicted molar refractivity (Wildman–Crippen MR) is 109 cm³/mol. The SMILES string of the molecule is CCOc1ccc(N(CC(=O)N[C@H](C)c2ccccc2OC)S(C)(=O)=O)cc1. The summed E-state index contributed by atoms with van der Waals surface area (Å²) in [5.74, 6) is 0.869. The van der Waals surface area contributed by atoms with Crippen molar-refractivity contribution < 1.29 is 22.7 Å². The van der Waals surface area contributed by atoms with Crippen LogP contribution in [0, 0.1) is 0 Å². The molecule has 2 rings (SSSR count). The summed E-state index contributed by atoms with van der Waals surface area (Å²) >= 11 is 0. The minimum atomic E-state index is -3.64. The van der Waals surface area contributed by atoms with E-state index in [1.165, 1.54) is 0 Å². The molecule has 0 fully saturated rings. The maximum Gasteiger partial charge on any atom is 0.241 e. The third kappa shape index (κ3) is 5.63. The molecule has 0 aliphatic rings. The molecule has 0 bridgehead atoms. The summed E-state index contributed by atoms with van der Waals surface area (Å²) in [6.07, 6.45) is 1.07. The van der Waals surface area contributed by atoms with Crippen LogP contribution in [0.4, 0.5) is 5.69 Å². The zero-order valence-corrected chi connectivity index (χ0v) is 17.3. The Labute approximate surface area is 166 Å². The van der Waals surface area contributed by atoms with Crippen LogP contribution in [0.5, 0.6) is 11.5 Å². The highest BCUT2D eigenvalue weighted by Gasteiger charge is 2.22. The van der Waals surface area contributed by atoms with Crippen molar-refractivity contribution in [2.45, 2.75) is 19.9 Å². The highest BCUT2D eigenvalue weighted by Crippen LogP contribution is 2.25. The monoisotopic (exact) mass is 406 g/mol. The molecule has 1 atom stereocenters. The molecule has 0 saturated carbocycles. The molecule has 1 N–H and O–H groups in total. The van der Waals surface area contributed by atoms with Gasteiger partial charge in [0.2, 0.25) is 15.9 Å². The topological polar surface area (TPSA) is 84.9 Å². The molecule has 0 unspecified atom stereocenters. The number of amides is 1. The van der Waals surface area contributed by atoms with E-state index >= 15 is 0 Å². The predicted octanol–water partition coefficient (Wildman–Crippen LogP) is 2.74. The second kappa shape index (κ2) is 9.45. The maximum atomic E-state index is 12.5. The Morgan fingerprint density at radius 2 is 1.79 bits per heavy atom. The van der Waals surface area contributed by atoms with Crippen molar-refractivity contribution in [3.63, 3.8) is 0 Å². The van der Waals surface area contributed by atoms with Gasteiger partial charge in [0.15, 0.2) is 0 Å². The number of ether oxygens (including phenoxy) is 2. The lowest BCUT2D eigenvalue weighted by Crippen LogP contribution is -2.41. The summed E-state index contributed by atoms with van der Waals surface area (Å²) in [6.45, 7) is 3.87. The number of rotatable bonds is 9. The summed E-state index contributed by atoms with van der Waals surface area (Å²) in [6, 6.07) is 13.6. The highest BCUT2D eigenvalue weighted by molar-refractivity contribution is 7.92. The number of hydrogen-bond donors (Lipinski definition) is 1. The molecule has 152 valence electrons. The molecule has 0 aromatic heterocycles. The fraction of sp³-hybridized carbons (Fsp3) is 0.350. The van der Waals surface area contributed by atoms with Crippen LogP contribution >= 0.6 is 0 Å². The van der Waals surface area contributed by atoms with Crippen LogP contribution in [-0.4, -0.2) is 40.8 Å².